The van der Waals surface area contributed by atoms with E-state index in [1.165, 1.54) is 0 Å². The fourth-order valence-electron chi connectivity index (χ4n) is 2.20. The van der Waals surface area contributed by atoms with E-state index in [0.717, 1.165) is 22.9 Å². The number of amides is 1. The number of benzene rings is 1. The van der Waals surface area contributed by atoms with Gasteiger partial charge in [0.2, 0.25) is 0 Å². The Hall–Kier alpha value is -1.82. The van der Waals surface area contributed by atoms with Crippen LogP contribution in [0.15, 0.2) is 47.2 Å². The molecule has 5 nitrogen and oxygen atoms in total. The van der Waals surface area contributed by atoms with Crippen LogP contribution in [0.1, 0.15) is 18.4 Å². The lowest BCUT2D eigenvalue weighted by atomic mass is 10.2. The summed E-state index contributed by atoms with van der Waals surface area (Å²) in [6, 6.07) is 9.63. The van der Waals surface area contributed by atoms with Crippen molar-refractivity contribution in [1.29, 1.82) is 0 Å². The fourth-order valence-corrected chi connectivity index (χ4v) is 2.49. The first-order chi connectivity index (χ1) is 10.2. The molecule has 0 aliphatic heterocycles. The molecule has 1 aliphatic rings. The van der Waals surface area contributed by atoms with Gasteiger partial charge < -0.3 is 10.1 Å². The molecule has 0 unspecified atom stereocenters. The van der Waals surface area contributed by atoms with Crippen molar-refractivity contribution in [3.63, 3.8) is 0 Å². The van der Waals surface area contributed by atoms with Gasteiger partial charge in [-0.3, -0.25) is 4.68 Å². The Morgan fingerprint density at radius 3 is 2.76 bits per heavy atom. The van der Waals surface area contributed by atoms with E-state index in [4.69, 9.17) is 4.74 Å². The van der Waals surface area contributed by atoms with Gasteiger partial charge in [-0.05, 0) is 34.3 Å². The Kier molecular flexibility index (Phi) is 3.96. The summed E-state index contributed by atoms with van der Waals surface area (Å²) in [5, 5.41) is 7.13. The zero-order valence-electron chi connectivity index (χ0n) is 11.5. The molecule has 1 aliphatic carbocycles. The molecule has 1 aromatic heterocycles. The second-order valence-electron chi connectivity index (χ2n) is 5.24. The summed E-state index contributed by atoms with van der Waals surface area (Å²) in [7, 11) is 0. The lowest BCUT2D eigenvalue weighted by Gasteiger charge is -2.16. The number of halogens is 1. The topological polar surface area (TPSA) is 56.2 Å². The second kappa shape index (κ2) is 5.89. The van der Waals surface area contributed by atoms with Crippen LogP contribution in [0.2, 0.25) is 0 Å². The number of rotatable bonds is 5. The summed E-state index contributed by atoms with van der Waals surface area (Å²) in [5.41, 5.74) is 0.891. The van der Waals surface area contributed by atoms with Gasteiger partial charge >= 0.3 is 6.09 Å². The second-order valence-corrected chi connectivity index (χ2v) is 6.16. The van der Waals surface area contributed by atoms with E-state index in [2.05, 4.69) is 26.3 Å². The van der Waals surface area contributed by atoms with Crippen LogP contribution in [-0.4, -0.2) is 22.4 Å². The smallest absolute Gasteiger partial charge is 0.407 e. The number of hydrogen-bond donors (Lipinski definition) is 1. The highest BCUT2D eigenvalue weighted by atomic mass is 79.9. The Balaban J connectivity index is 1.48. The lowest BCUT2D eigenvalue weighted by Crippen LogP contribution is -2.36. The molecule has 21 heavy (non-hydrogen) atoms. The van der Waals surface area contributed by atoms with Crippen LogP contribution in [0, 0.1) is 0 Å². The summed E-state index contributed by atoms with van der Waals surface area (Å²) in [5.74, 6) is 0. The minimum Gasteiger partial charge on any atom is -0.445 e. The van der Waals surface area contributed by atoms with Crippen LogP contribution in [0.25, 0.3) is 0 Å². The summed E-state index contributed by atoms with van der Waals surface area (Å²) < 4.78 is 8.06. The minimum atomic E-state index is -0.392. The van der Waals surface area contributed by atoms with E-state index in [0.29, 0.717) is 6.54 Å². The molecule has 110 valence electrons. The van der Waals surface area contributed by atoms with Crippen LogP contribution >= 0.6 is 15.9 Å². The van der Waals surface area contributed by atoms with Crippen LogP contribution in [0.4, 0.5) is 4.79 Å². The van der Waals surface area contributed by atoms with Gasteiger partial charge in [0.15, 0.2) is 0 Å². The first-order valence-electron chi connectivity index (χ1n) is 6.83. The number of nitrogens with one attached hydrogen (secondary N) is 1. The highest BCUT2D eigenvalue weighted by Crippen LogP contribution is 2.42. The molecule has 1 saturated carbocycles. The Morgan fingerprint density at radius 1 is 1.38 bits per heavy atom. The van der Waals surface area contributed by atoms with Gasteiger partial charge in [0.05, 0.1) is 16.2 Å². The van der Waals surface area contributed by atoms with Crippen molar-refractivity contribution in [3.05, 3.63) is 52.8 Å². The standard InChI is InChI=1S/C15H16BrN3O2/c16-13-8-18-19(9-13)15(6-7-15)11-17-14(20)21-10-12-4-2-1-3-5-12/h1-5,8-9H,6-7,10-11H2,(H,17,20). The maximum Gasteiger partial charge on any atom is 0.407 e. The summed E-state index contributed by atoms with van der Waals surface area (Å²) >= 11 is 3.39. The number of carbonyl (C=O) groups is 1. The van der Waals surface area contributed by atoms with Crippen LogP contribution < -0.4 is 5.32 Å². The third-order valence-electron chi connectivity index (χ3n) is 3.64. The van der Waals surface area contributed by atoms with Gasteiger partial charge in [0.1, 0.15) is 6.61 Å². The zero-order chi connectivity index (χ0) is 14.7. The number of alkyl carbamates (subject to hydrolysis) is 1. The van der Waals surface area contributed by atoms with E-state index in [9.17, 15) is 4.79 Å². The molecule has 1 fully saturated rings. The predicted molar refractivity (Wildman–Crippen MR) is 81.8 cm³/mol. The highest BCUT2D eigenvalue weighted by molar-refractivity contribution is 9.10. The van der Waals surface area contributed by atoms with Gasteiger partial charge in [-0.1, -0.05) is 30.3 Å². The fraction of sp³-hybridized carbons (Fsp3) is 0.333. The Labute approximate surface area is 131 Å². The molecule has 1 amide bonds. The van der Waals surface area contributed by atoms with Crippen molar-refractivity contribution in [3.8, 4) is 0 Å². The normalized spacial score (nSPS) is 15.5. The number of ether oxygens (including phenoxy) is 1. The molecule has 0 saturated heterocycles. The monoisotopic (exact) mass is 349 g/mol. The quantitative estimate of drug-likeness (QED) is 0.902. The molecule has 0 spiro atoms. The Morgan fingerprint density at radius 2 is 2.14 bits per heavy atom. The molecular weight excluding hydrogens is 334 g/mol. The largest absolute Gasteiger partial charge is 0.445 e. The number of aromatic nitrogens is 2. The summed E-state index contributed by atoms with van der Waals surface area (Å²) in [6.07, 6.45) is 5.33. The third kappa shape index (κ3) is 3.44. The van der Waals surface area contributed by atoms with E-state index in [1.54, 1.807) is 6.20 Å². The first kappa shape index (κ1) is 14.1. The molecule has 0 atom stereocenters. The molecule has 3 rings (SSSR count). The maximum atomic E-state index is 11.8. The van der Waals surface area contributed by atoms with Crippen molar-refractivity contribution >= 4 is 22.0 Å². The number of hydrogen-bond acceptors (Lipinski definition) is 3. The van der Waals surface area contributed by atoms with Crippen LogP contribution in [0.3, 0.4) is 0 Å². The first-order valence-corrected chi connectivity index (χ1v) is 7.62. The van der Waals surface area contributed by atoms with Gasteiger partial charge in [-0.15, -0.1) is 0 Å². The molecular formula is C15H16BrN3O2. The van der Waals surface area contributed by atoms with Crippen molar-refractivity contribution in [2.75, 3.05) is 6.54 Å². The van der Waals surface area contributed by atoms with E-state index in [1.807, 2.05) is 41.2 Å². The number of carbonyl (C=O) groups excluding carboxylic acids is 1. The average Bonchev–Trinajstić information content (AvgIpc) is 3.18. The highest BCUT2D eigenvalue weighted by Gasteiger charge is 2.45. The zero-order valence-corrected chi connectivity index (χ0v) is 13.0. The molecule has 2 aromatic rings. The average molecular weight is 350 g/mol. The third-order valence-corrected chi connectivity index (χ3v) is 4.05. The van der Waals surface area contributed by atoms with Crippen molar-refractivity contribution in [1.82, 2.24) is 15.1 Å². The molecule has 0 radical (unpaired) electrons. The predicted octanol–water partition coefficient (Wildman–Crippen LogP) is 3.06. The SMILES string of the molecule is O=C(NCC1(n2cc(Br)cn2)CC1)OCc1ccccc1. The molecule has 1 aromatic carbocycles. The van der Waals surface area contributed by atoms with Crippen LogP contribution in [0.5, 0.6) is 0 Å². The van der Waals surface area contributed by atoms with Gasteiger partial charge in [-0.25, -0.2) is 4.79 Å². The summed E-state index contributed by atoms with van der Waals surface area (Å²) in [4.78, 5) is 11.8. The van der Waals surface area contributed by atoms with Crippen molar-refractivity contribution in [2.24, 2.45) is 0 Å². The lowest BCUT2D eigenvalue weighted by molar-refractivity contribution is 0.137. The van der Waals surface area contributed by atoms with Gasteiger partial charge in [0.25, 0.3) is 0 Å². The van der Waals surface area contributed by atoms with Gasteiger partial charge in [-0.2, -0.15) is 5.10 Å². The van der Waals surface area contributed by atoms with Crippen molar-refractivity contribution < 1.29 is 9.53 Å². The maximum absolute atomic E-state index is 11.8. The van der Waals surface area contributed by atoms with E-state index < -0.39 is 6.09 Å². The van der Waals surface area contributed by atoms with E-state index in [-0.39, 0.29) is 12.1 Å². The van der Waals surface area contributed by atoms with Crippen LogP contribution in [-0.2, 0) is 16.9 Å². The van der Waals surface area contributed by atoms with E-state index >= 15 is 0 Å². The Bertz CT molecular complexity index is 623. The molecule has 1 N–H and O–H groups in total. The summed E-state index contributed by atoms with van der Waals surface area (Å²) in [6.45, 7) is 0.821. The molecule has 6 heteroatoms. The number of nitrogens with zero attached hydrogens (tertiary/aromatic N) is 2. The molecule has 1 heterocycles. The van der Waals surface area contributed by atoms with Gasteiger partial charge in [0, 0.05) is 12.7 Å². The van der Waals surface area contributed by atoms with Crippen molar-refractivity contribution in [2.45, 2.75) is 25.0 Å². The molecule has 0 bridgehead atoms. The minimum absolute atomic E-state index is 0.0855.